The third kappa shape index (κ3) is 2.21. The Morgan fingerprint density at radius 1 is 1.64 bits per heavy atom. The van der Waals surface area contributed by atoms with Crippen LogP contribution in [-0.2, 0) is 11.2 Å². The fourth-order valence-corrected chi connectivity index (χ4v) is 1.20. The van der Waals surface area contributed by atoms with Crippen LogP contribution in [0.1, 0.15) is 11.1 Å². The van der Waals surface area contributed by atoms with Crippen LogP contribution >= 0.6 is 11.6 Å². The van der Waals surface area contributed by atoms with Crippen molar-refractivity contribution in [1.82, 2.24) is 0 Å². The molecule has 0 fully saturated rings. The molecule has 0 aliphatic heterocycles. The number of rotatable bonds is 2. The molecule has 72 valence electrons. The van der Waals surface area contributed by atoms with Crippen LogP contribution in [0.25, 0.3) is 0 Å². The zero-order valence-corrected chi connectivity index (χ0v) is 7.68. The van der Waals surface area contributed by atoms with E-state index >= 15 is 0 Å². The van der Waals surface area contributed by atoms with E-state index in [2.05, 4.69) is 0 Å². The largest absolute Gasteiger partial charge is 0.481 e. The van der Waals surface area contributed by atoms with E-state index in [1.165, 1.54) is 0 Å². The Bertz CT molecular complexity index is 426. The first kappa shape index (κ1) is 10.5. The number of halogens is 2. The second-order valence-electron chi connectivity index (χ2n) is 2.61. The molecule has 0 aliphatic carbocycles. The van der Waals surface area contributed by atoms with Crippen molar-refractivity contribution in [2.24, 2.45) is 0 Å². The van der Waals surface area contributed by atoms with Gasteiger partial charge in [0.25, 0.3) is 0 Å². The summed E-state index contributed by atoms with van der Waals surface area (Å²) < 4.78 is 13.0. The van der Waals surface area contributed by atoms with Gasteiger partial charge in [-0.1, -0.05) is 11.6 Å². The van der Waals surface area contributed by atoms with Gasteiger partial charge in [-0.15, -0.1) is 0 Å². The molecule has 0 saturated heterocycles. The van der Waals surface area contributed by atoms with Gasteiger partial charge in [-0.3, -0.25) is 4.79 Å². The number of hydrogen-bond acceptors (Lipinski definition) is 2. The Labute approximate surface area is 84.3 Å². The average Bonchev–Trinajstić information content (AvgIpc) is 2.10. The van der Waals surface area contributed by atoms with Gasteiger partial charge in [-0.25, -0.2) is 4.39 Å². The fraction of sp³-hybridized carbons (Fsp3) is 0.111. The molecule has 3 nitrogen and oxygen atoms in total. The molecular weight excluding hydrogens is 209 g/mol. The van der Waals surface area contributed by atoms with E-state index < -0.39 is 11.8 Å². The average molecular weight is 214 g/mol. The smallest absolute Gasteiger partial charge is 0.307 e. The number of carbonyl (C=O) groups is 1. The van der Waals surface area contributed by atoms with Gasteiger partial charge in [0.15, 0.2) is 0 Å². The standard InChI is InChI=1S/C9H5ClFNO2/c10-7-1-6(4-12)8(11)2-5(7)3-9(13)14/h1-2H,3H2,(H,13,14). The number of aliphatic carboxylic acids is 1. The second-order valence-corrected chi connectivity index (χ2v) is 3.01. The molecule has 0 radical (unpaired) electrons. The lowest BCUT2D eigenvalue weighted by atomic mass is 10.1. The minimum atomic E-state index is -1.10. The minimum absolute atomic E-state index is 0.0883. The Morgan fingerprint density at radius 2 is 2.29 bits per heavy atom. The maximum absolute atomic E-state index is 13.0. The minimum Gasteiger partial charge on any atom is -0.481 e. The molecular formula is C9H5ClFNO2. The molecule has 0 bridgehead atoms. The zero-order valence-electron chi connectivity index (χ0n) is 6.92. The predicted molar refractivity (Wildman–Crippen MR) is 47.5 cm³/mol. The lowest BCUT2D eigenvalue weighted by Crippen LogP contribution is -2.02. The number of benzene rings is 1. The van der Waals surface area contributed by atoms with Crippen molar-refractivity contribution in [3.63, 3.8) is 0 Å². The lowest BCUT2D eigenvalue weighted by molar-refractivity contribution is -0.136. The maximum atomic E-state index is 13.0. The summed E-state index contributed by atoms with van der Waals surface area (Å²) in [5.41, 5.74) is -0.0280. The molecule has 1 rings (SSSR count). The number of nitrogens with zero attached hydrogens (tertiary/aromatic N) is 1. The van der Waals surface area contributed by atoms with E-state index in [4.69, 9.17) is 22.0 Å². The van der Waals surface area contributed by atoms with E-state index in [-0.39, 0.29) is 22.6 Å². The molecule has 0 aliphatic rings. The van der Waals surface area contributed by atoms with Gasteiger partial charge in [0.05, 0.1) is 12.0 Å². The number of hydrogen-bond donors (Lipinski definition) is 1. The van der Waals surface area contributed by atoms with Crippen molar-refractivity contribution >= 4 is 17.6 Å². The van der Waals surface area contributed by atoms with Crippen LogP contribution < -0.4 is 0 Å². The monoisotopic (exact) mass is 213 g/mol. The molecule has 0 spiro atoms. The highest BCUT2D eigenvalue weighted by Crippen LogP contribution is 2.20. The molecule has 0 amide bonds. The van der Waals surface area contributed by atoms with Crippen molar-refractivity contribution in [3.05, 3.63) is 34.1 Å². The molecule has 0 aromatic heterocycles. The molecule has 1 aromatic rings. The highest BCUT2D eigenvalue weighted by atomic mass is 35.5. The van der Waals surface area contributed by atoms with Crippen LogP contribution in [0.2, 0.25) is 5.02 Å². The predicted octanol–water partition coefficient (Wildman–Crippen LogP) is 1.98. The highest BCUT2D eigenvalue weighted by Gasteiger charge is 2.10. The highest BCUT2D eigenvalue weighted by molar-refractivity contribution is 6.31. The third-order valence-corrected chi connectivity index (χ3v) is 1.95. The summed E-state index contributed by atoms with van der Waals surface area (Å²) in [6.07, 6.45) is -0.360. The van der Waals surface area contributed by atoms with Crippen LogP contribution in [-0.4, -0.2) is 11.1 Å². The summed E-state index contributed by atoms with van der Waals surface area (Å²) in [6, 6.07) is 3.70. The summed E-state index contributed by atoms with van der Waals surface area (Å²) in [6.45, 7) is 0. The third-order valence-electron chi connectivity index (χ3n) is 1.60. The van der Waals surface area contributed by atoms with Gasteiger partial charge in [-0.2, -0.15) is 5.26 Å². The number of carboxylic acids is 1. The van der Waals surface area contributed by atoms with E-state index in [1.807, 2.05) is 0 Å². The fourth-order valence-electron chi connectivity index (χ4n) is 0.972. The first-order valence-electron chi connectivity index (χ1n) is 3.64. The molecule has 14 heavy (non-hydrogen) atoms. The van der Waals surface area contributed by atoms with E-state index in [1.54, 1.807) is 6.07 Å². The Balaban J connectivity index is 3.16. The summed E-state index contributed by atoms with van der Waals surface area (Å²) >= 11 is 5.64. The zero-order chi connectivity index (χ0) is 10.7. The van der Waals surface area contributed by atoms with Crippen molar-refractivity contribution in [2.75, 3.05) is 0 Å². The first-order chi connectivity index (χ1) is 6.54. The number of carboxylic acid groups (broad SMARTS) is 1. The van der Waals surface area contributed by atoms with Crippen LogP contribution in [0, 0.1) is 17.1 Å². The summed E-state index contributed by atoms with van der Waals surface area (Å²) in [5.74, 6) is -1.86. The first-order valence-corrected chi connectivity index (χ1v) is 4.02. The van der Waals surface area contributed by atoms with E-state index in [9.17, 15) is 9.18 Å². The summed E-state index contributed by atoms with van der Waals surface area (Å²) in [4.78, 5) is 10.3. The molecule has 5 heteroatoms. The quantitative estimate of drug-likeness (QED) is 0.817. The molecule has 0 heterocycles. The molecule has 0 saturated carbocycles. The SMILES string of the molecule is N#Cc1cc(Cl)c(CC(=O)O)cc1F. The van der Waals surface area contributed by atoms with Gasteiger partial charge in [0.1, 0.15) is 11.9 Å². The summed E-state index contributed by atoms with van der Waals surface area (Å²) in [5, 5.41) is 17.0. The topological polar surface area (TPSA) is 61.1 Å². The van der Waals surface area contributed by atoms with Gasteiger partial charge < -0.3 is 5.11 Å². The van der Waals surface area contributed by atoms with Crippen molar-refractivity contribution in [2.45, 2.75) is 6.42 Å². The van der Waals surface area contributed by atoms with E-state index in [0.717, 1.165) is 12.1 Å². The second kappa shape index (κ2) is 4.07. The van der Waals surface area contributed by atoms with Gasteiger partial charge in [0.2, 0.25) is 0 Å². The normalized spacial score (nSPS) is 9.50. The van der Waals surface area contributed by atoms with Gasteiger partial charge in [0, 0.05) is 5.02 Å². The molecule has 0 unspecified atom stereocenters. The van der Waals surface area contributed by atoms with Crippen LogP contribution in [0.5, 0.6) is 0 Å². The molecule has 1 N–H and O–H groups in total. The Morgan fingerprint density at radius 3 is 2.79 bits per heavy atom. The summed E-state index contributed by atoms with van der Waals surface area (Å²) in [7, 11) is 0. The molecule has 1 aromatic carbocycles. The molecule has 0 atom stereocenters. The van der Waals surface area contributed by atoms with Crippen LogP contribution in [0.3, 0.4) is 0 Å². The Hall–Kier alpha value is -1.60. The van der Waals surface area contributed by atoms with Crippen LogP contribution in [0.4, 0.5) is 4.39 Å². The van der Waals surface area contributed by atoms with Crippen molar-refractivity contribution in [3.8, 4) is 6.07 Å². The van der Waals surface area contributed by atoms with Crippen LogP contribution in [0.15, 0.2) is 12.1 Å². The van der Waals surface area contributed by atoms with Gasteiger partial charge >= 0.3 is 5.97 Å². The number of nitriles is 1. The van der Waals surface area contributed by atoms with Crippen molar-refractivity contribution < 1.29 is 14.3 Å². The Kier molecular flexibility index (Phi) is 3.05. The van der Waals surface area contributed by atoms with Crippen molar-refractivity contribution in [1.29, 1.82) is 5.26 Å². The lowest BCUT2D eigenvalue weighted by Gasteiger charge is -2.02. The van der Waals surface area contributed by atoms with Gasteiger partial charge in [-0.05, 0) is 17.7 Å². The van der Waals surface area contributed by atoms with E-state index in [0.29, 0.717) is 0 Å². The maximum Gasteiger partial charge on any atom is 0.307 e.